The molecule has 0 radical (unpaired) electrons. The molecule has 4 N–H and O–H groups in total. The largest absolute Gasteiger partial charge is 0.478 e. The SMILES string of the molecule is Nc1nc2c(C(=O)O)cc(NCC3(c4ccccc4)CC3)cn2n1. The first-order valence-corrected chi connectivity index (χ1v) is 7.76. The van der Waals surface area contributed by atoms with Crippen molar-refractivity contribution in [1.29, 1.82) is 0 Å². The highest BCUT2D eigenvalue weighted by Gasteiger charge is 2.43. The molecule has 2 aromatic heterocycles. The maximum absolute atomic E-state index is 11.5. The Morgan fingerprint density at radius 1 is 1.33 bits per heavy atom. The number of hydrogen-bond donors (Lipinski definition) is 3. The Balaban J connectivity index is 1.62. The molecule has 7 nitrogen and oxygen atoms in total. The van der Waals surface area contributed by atoms with Crippen LogP contribution in [0.3, 0.4) is 0 Å². The van der Waals surface area contributed by atoms with E-state index < -0.39 is 5.97 Å². The van der Waals surface area contributed by atoms with E-state index in [2.05, 4.69) is 27.5 Å². The second-order valence-electron chi connectivity index (χ2n) is 6.19. The van der Waals surface area contributed by atoms with Crippen molar-refractivity contribution in [2.24, 2.45) is 0 Å². The summed E-state index contributed by atoms with van der Waals surface area (Å²) in [6.45, 7) is 0.742. The molecular weight excluding hydrogens is 306 g/mol. The number of nitrogens with one attached hydrogen (secondary N) is 1. The summed E-state index contributed by atoms with van der Waals surface area (Å²) in [6.07, 6.45) is 3.95. The third-order valence-electron chi connectivity index (χ3n) is 4.55. The van der Waals surface area contributed by atoms with Gasteiger partial charge in [-0.3, -0.25) is 0 Å². The molecule has 1 aliphatic rings. The number of rotatable bonds is 5. The number of aromatic nitrogens is 3. The van der Waals surface area contributed by atoms with Crippen molar-refractivity contribution in [3.63, 3.8) is 0 Å². The number of anilines is 2. The smallest absolute Gasteiger partial charge is 0.339 e. The van der Waals surface area contributed by atoms with Crippen LogP contribution in [0, 0.1) is 0 Å². The summed E-state index contributed by atoms with van der Waals surface area (Å²) in [4.78, 5) is 15.4. The number of aromatic carboxylic acids is 1. The van der Waals surface area contributed by atoms with E-state index in [1.54, 1.807) is 12.3 Å². The number of nitrogens with two attached hydrogens (primary N) is 1. The molecule has 0 saturated heterocycles. The molecule has 7 heteroatoms. The van der Waals surface area contributed by atoms with Crippen LogP contribution in [-0.2, 0) is 5.41 Å². The van der Waals surface area contributed by atoms with Gasteiger partial charge in [-0.25, -0.2) is 9.31 Å². The lowest BCUT2D eigenvalue weighted by Gasteiger charge is -2.17. The van der Waals surface area contributed by atoms with Crippen LogP contribution in [-0.4, -0.2) is 32.2 Å². The number of nitrogens with zero attached hydrogens (tertiary/aromatic N) is 3. The zero-order valence-electron chi connectivity index (χ0n) is 12.9. The molecule has 122 valence electrons. The summed E-state index contributed by atoms with van der Waals surface area (Å²) >= 11 is 0. The van der Waals surface area contributed by atoms with Crippen LogP contribution in [0.4, 0.5) is 11.6 Å². The van der Waals surface area contributed by atoms with Crippen LogP contribution in [0.5, 0.6) is 0 Å². The summed E-state index contributed by atoms with van der Waals surface area (Å²) in [7, 11) is 0. The van der Waals surface area contributed by atoms with Gasteiger partial charge in [-0.2, -0.15) is 4.98 Å². The Bertz CT molecular complexity index is 915. The monoisotopic (exact) mass is 323 g/mol. The molecule has 0 atom stereocenters. The molecule has 0 bridgehead atoms. The first kappa shape index (κ1) is 14.5. The minimum Gasteiger partial charge on any atom is -0.478 e. The second kappa shape index (κ2) is 5.23. The number of benzene rings is 1. The van der Waals surface area contributed by atoms with Crippen molar-refractivity contribution >= 4 is 23.3 Å². The van der Waals surface area contributed by atoms with Gasteiger partial charge in [0, 0.05) is 12.0 Å². The van der Waals surface area contributed by atoms with Crippen molar-refractivity contribution in [3.8, 4) is 0 Å². The lowest BCUT2D eigenvalue weighted by molar-refractivity contribution is 0.0698. The second-order valence-corrected chi connectivity index (χ2v) is 6.19. The predicted octanol–water partition coefficient (Wildman–Crippen LogP) is 2.15. The van der Waals surface area contributed by atoms with Crippen LogP contribution < -0.4 is 11.1 Å². The van der Waals surface area contributed by atoms with Gasteiger partial charge in [-0.05, 0) is 24.5 Å². The fourth-order valence-electron chi connectivity index (χ4n) is 3.04. The molecule has 0 unspecified atom stereocenters. The Morgan fingerprint density at radius 3 is 2.75 bits per heavy atom. The first-order valence-electron chi connectivity index (χ1n) is 7.76. The van der Waals surface area contributed by atoms with Crippen molar-refractivity contribution < 1.29 is 9.90 Å². The minimum absolute atomic E-state index is 0.0533. The standard InChI is InChI=1S/C17H17N5O2/c18-16-20-14-13(15(23)24)8-12(9-22(14)21-16)19-10-17(6-7-17)11-4-2-1-3-5-11/h1-5,8-9,19H,6-7,10H2,(H2,18,21)(H,23,24). The summed E-state index contributed by atoms with van der Waals surface area (Å²) < 4.78 is 1.41. The van der Waals surface area contributed by atoms with Gasteiger partial charge in [-0.15, -0.1) is 5.10 Å². The summed E-state index contributed by atoms with van der Waals surface area (Å²) in [6, 6.07) is 11.9. The number of fused-ring (bicyclic) bond motifs is 1. The Hall–Kier alpha value is -3.09. The lowest BCUT2D eigenvalue weighted by atomic mass is 9.96. The summed E-state index contributed by atoms with van der Waals surface area (Å²) in [5.41, 5.74) is 8.03. The zero-order valence-corrected chi connectivity index (χ0v) is 12.9. The van der Waals surface area contributed by atoms with Crippen molar-refractivity contribution in [2.45, 2.75) is 18.3 Å². The highest BCUT2D eigenvalue weighted by molar-refractivity contribution is 5.95. The third-order valence-corrected chi connectivity index (χ3v) is 4.55. The van der Waals surface area contributed by atoms with E-state index >= 15 is 0 Å². The van der Waals surface area contributed by atoms with Crippen LogP contribution >= 0.6 is 0 Å². The Morgan fingerprint density at radius 2 is 2.08 bits per heavy atom. The quantitative estimate of drug-likeness (QED) is 0.664. The van der Waals surface area contributed by atoms with Gasteiger partial charge in [0.2, 0.25) is 5.95 Å². The van der Waals surface area contributed by atoms with Gasteiger partial charge in [-0.1, -0.05) is 30.3 Å². The summed E-state index contributed by atoms with van der Waals surface area (Å²) in [5.74, 6) is -1.00. The van der Waals surface area contributed by atoms with Crippen LogP contribution in [0.1, 0.15) is 28.8 Å². The van der Waals surface area contributed by atoms with Gasteiger partial charge >= 0.3 is 5.97 Å². The van der Waals surface area contributed by atoms with E-state index in [0.29, 0.717) is 5.69 Å². The van der Waals surface area contributed by atoms with E-state index in [9.17, 15) is 9.90 Å². The molecule has 0 aliphatic heterocycles. The number of carboxylic acid groups (broad SMARTS) is 1. The predicted molar refractivity (Wildman–Crippen MR) is 90.2 cm³/mol. The number of carboxylic acids is 1. The first-order chi connectivity index (χ1) is 11.6. The molecule has 1 aromatic carbocycles. The fourth-order valence-corrected chi connectivity index (χ4v) is 3.04. The molecule has 3 aromatic rings. The van der Waals surface area contributed by atoms with E-state index in [4.69, 9.17) is 5.73 Å². The Labute approximate surface area is 138 Å². The van der Waals surface area contributed by atoms with E-state index in [1.165, 1.54) is 10.1 Å². The average Bonchev–Trinajstić information content (AvgIpc) is 3.28. The maximum atomic E-state index is 11.5. The molecule has 1 fully saturated rings. The zero-order chi connectivity index (χ0) is 16.7. The van der Waals surface area contributed by atoms with Gasteiger partial charge in [0.05, 0.1) is 11.9 Å². The number of hydrogen-bond acceptors (Lipinski definition) is 5. The molecule has 2 heterocycles. The highest BCUT2D eigenvalue weighted by Crippen LogP contribution is 2.48. The molecule has 0 spiro atoms. The topological polar surface area (TPSA) is 106 Å². The number of carbonyl (C=O) groups is 1. The average molecular weight is 323 g/mol. The van der Waals surface area contributed by atoms with Crippen molar-refractivity contribution in [3.05, 3.63) is 53.7 Å². The van der Waals surface area contributed by atoms with E-state index in [-0.39, 0.29) is 22.6 Å². The maximum Gasteiger partial charge on any atom is 0.339 e. The number of nitrogen functional groups attached to an aromatic ring is 1. The minimum atomic E-state index is -1.06. The van der Waals surface area contributed by atoms with Crippen molar-refractivity contribution in [1.82, 2.24) is 14.6 Å². The van der Waals surface area contributed by atoms with Gasteiger partial charge in [0.1, 0.15) is 5.56 Å². The van der Waals surface area contributed by atoms with E-state index in [1.807, 2.05) is 18.2 Å². The fraction of sp³-hybridized carbons (Fsp3) is 0.235. The van der Waals surface area contributed by atoms with Crippen molar-refractivity contribution in [2.75, 3.05) is 17.6 Å². The van der Waals surface area contributed by atoms with Gasteiger partial charge in [0.15, 0.2) is 5.65 Å². The third kappa shape index (κ3) is 2.44. The van der Waals surface area contributed by atoms with Crippen LogP contribution in [0.25, 0.3) is 5.65 Å². The normalized spacial score (nSPS) is 15.3. The van der Waals surface area contributed by atoms with Crippen LogP contribution in [0.15, 0.2) is 42.6 Å². The van der Waals surface area contributed by atoms with Crippen LogP contribution in [0.2, 0.25) is 0 Å². The van der Waals surface area contributed by atoms with E-state index in [0.717, 1.165) is 19.4 Å². The molecule has 24 heavy (non-hydrogen) atoms. The van der Waals surface area contributed by atoms with Gasteiger partial charge < -0.3 is 16.2 Å². The highest BCUT2D eigenvalue weighted by atomic mass is 16.4. The lowest BCUT2D eigenvalue weighted by Crippen LogP contribution is -2.20. The molecule has 4 rings (SSSR count). The number of pyridine rings is 1. The summed E-state index contributed by atoms with van der Waals surface area (Å²) in [5, 5.41) is 16.8. The Kier molecular flexibility index (Phi) is 3.16. The van der Waals surface area contributed by atoms with Gasteiger partial charge in [0.25, 0.3) is 0 Å². The molecule has 0 amide bonds. The molecule has 1 saturated carbocycles. The molecule has 1 aliphatic carbocycles. The molecular formula is C17H17N5O2.